The molecule has 0 saturated carbocycles. The second-order valence-corrected chi connectivity index (χ2v) is 9.12. The number of nitrogen functional groups attached to an aromatic ring is 1. The largest absolute Gasteiger partial charge is 0.508 e. The number of carbonyl (C=O) groups excluding carboxylic acids is 3. The van der Waals surface area contributed by atoms with Crippen molar-refractivity contribution in [3.63, 3.8) is 0 Å². The number of carbonyl (C=O) groups is 3. The molecule has 188 valence electrons. The van der Waals surface area contributed by atoms with E-state index < -0.39 is 23.8 Å². The van der Waals surface area contributed by atoms with Crippen molar-refractivity contribution in [1.82, 2.24) is 9.69 Å². The highest BCUT2D eigenvalue weighted by molar-refractivity contribution is 7.09. The van der Waals surface area contributed by atoms with Crippen LogP contribution in [0.1, 0.15) is 42.9 Å². The van der Waals surface area contributed by atoms with Crippen molar-refractivity contribution in [2.75, 3.05) is 10.6 Å². The topological polar surface area (TPSA) is 152 Å². The van der Waals surface area contributed by atoms with Gasteiger partial charge in [-0.15, -0.1) is 0 Å². The minimum atomic E-state index is -1.14. The minimum Gasteiger partial charge on any atom is -0.508 e. The van der Waals surface area contributed by atoms with Gasteiger partial charge in [0.1, 0.15) is 16.7 Å². The number of phenols is 1. The fourth-order valence-corrected chi connectivity index (χ4v) is 4.60. The van der Waals surface area contributed by atoms with Gasteiger partial charge in [-0.1, -0.05) is 54.6 Å². The highest BCUT2D eigenvalue weighted by atomic mass is 32.1. The Morgan fingerprint density at radius 2 is 1.73 bits per heavy atom. The third kappa shape index (κ3) is 5.60. The van der Waals surface area contributed by atoms with Crippen LogP contribution in [0.2, 0.25) is 0 Å². The average molecular weight is 516 g/mol. The summed E-state index contributed by atoms with van der Waals surface area (Å²) < 4.78 is 3.96. The van der Waals surface area contributed by atoms with Gasteiger partial charge in [-0.3, -0.25) is 19.3 Å². The number of benzene rings is 3. The van der Waals surface area contributed by atoms with Gasteiger partial charge in [0, 0.05) is 12.2 Å². The molecule has 0 bridgehead atoms. The fourth-order valence-electron chi connectivity index (χ4n) is 3.86. The van der Waals surface area contributed by atoms with Gasteiger partial charge in [0.2, 0.25) is 5.91 Å². The molecule has 0 aliphatic heterocycles. The third-order valence-corrected chi connectivity index (χ3v) is 6.53. The zero-order valence-corrected chi connectivity index (χ0v) is 20.7. The first-order valence-electron chi connectivity index (χ1n) is 11.3. The Labute approximate surface area is 217 Å². The number of amides is 3. The summed E-state index contributed by atoms with van der Waals surface area (Å²) in [5.74, 6) is -1.92. The van der Waals surface area contributed by atoms with E-state index in [2.05, 4.69) is 9.69 Å². The molecule has 4 rings (SSSR count). The quantitative estimate of drug-likeness (QED) is 0.282. The maximum Gasteiger partial charge on any atom is 0.273 e. The van der Waals surface area contributed by atoms with Gasteiger partial charge in [-0.05, 0) is 59.4 Å². The molecule has 0 saturated heterocycles. The lowest BCUT2D eigenvalue weighted by Crippen LogP contribution is -2.44. The van der Waals surface area contributed by atoms with E-state index in [0.717, 1.165) is 22.7 Å². The van der Waals surface area contributed by atoms with Gasteiger partial charge < -0.3 is 21.9 Å². The number of aromatic hydroxyl groups is 1. The molecule has 0 fully saturated rings. The van der Waals surface area contributed by atoms with Gasteiger partial charge in [-0.25, -0.2) is 0 Å². The van der Waals surface area contributed by atoms with Gasteiger partial charge in [-0.2, -0.15) is 4.37 Å². The molecule has 0 spiro atoms. The van der Waals surface area contributed by atoms with Gasteiger partial charge in [0.25, 0.3) is 11.8 Å². The molecule has 3 aromatic carbocycles. The Balaban J connectivity index is 1.83. The predicted molar refractivity (Wildman–Crippen MR) is 142 cm³/mol. The predicted octanol–water partition coefficient (Wildman–Crippen LogP) is 3.54. The maximum atomic E-state index is 14.0. The second-order valence-electron chi connectivity index (χ2n) is 8.35. The van der Waals surface area contributed by atoms with Crippen molar-refractivity contribution in [2.45, 2.75) is 19.5 Å². The van der Waals surface area contributed by atoms with Crippen LogP contribution >= 0.6 is 11.5 Å². The van der Waals surface area contributed by atoms with Crippen LogP contribution in [-0.4, -0.2) is 27.2 Å². The number of nitrogens with one attached hydrogen (secondary N) is 1. The molecule has 0 aliphatic carbocycles. The lowest BCUT2D eigenvalue weighted by Gasteiger charge is -2.31. The fraction of sp³-hybridized carbons (Fsp3) is 0.111. The normalized spacial score (nSPS) is 11.5. The lowest BCUT2D eigenvalue weighted by atomic mass is 10.0. The molecule has 10 heteroatoms. The summed E-state index contributed by atoms with van der Waals surface area (Å²) in [4.78, 5) is 40.8. The molecule has 1 unspecified atom stereocenters. The first-order valence-corrected chi connectivity index (χ1v) is 12.1. The summed E-state index contributed by atoms with van der Waals surface area (Å²) in [6.07, 6.45) is 0. The minimum absolute atomic E-state index is 0.0124. The van der Waals surface area contributed by atoms with Crippen LogP contribution in [-0.2, 0) is 11.3 Å². The van der Waals surface area contributed by atoms with Crippen molar-refractivity contribution in [3.8, 4) is 5.75 Å². The molecule has 4 aromatic rings. The molecule has 1 aromatic heterocycles. The molecule has 0 radical (unpaired) electrons. The number of anilines is 2. The van der Waals surface area contributed by atoms with Crippen molar-refractivity contribution < 1.29 is 19.5 Å². The number of rotatable bonds is 8. The van der Waals surface area contributed by atoms with Crippen LogP contribution in [0, 0.1) is 6.92 Å². The van der Waals surface area contributed by atoms with Crippen molar-refractivity contribution in [3.05, 3.63) is 106 Å². The molecular weight excluding hydrogens is 490 g/mol. The van der Waals surface area contributed by atoms with Crippen molar-refractivity contribution in [1.29, 1.82) is 0 Å². The van der Waals surface area contributed by atoms with E-state index in [4.69, 9.17) is 11.5 Å². The average Bonchev–Trinajstić information content (AvgIpc) is 3.28. The highest BCUT2D eigenvalue weighted by Gasteiger charge is 2.36. The Kier molecular flexibility index (Phi) is 7.49. The first kappa shape index (κ1) is 25.4. The summed E-state index contributed by atoms with van der Waals surface area (Å²) in [5.41, 5.74) is 13.7. The summed E-state index contributed by atoms with van der Waals surface area (Å²) >= 11 is 0.738. The number of primary amides is 1. The standard InChI is InChI=1S/C27H25N5O4S/c1-16-6-5-9-19(14-16)32(27(36)24-21(28)22(25(29)34)31-37-24)23(18-10-12-20(33)13-11-18)26(35)30-15-17-7-3-2-4-8-17/h2-14,23,33H,15,28H2,1H3,(H2,29,34)(H,30,35). The second kappa shape index (κ2) is 10.9. The summed E-state index contributed by atoms with van der Waals surface area (Å²) in [7, 11) is 0. The van der Waals surface area contributed by atoms with Gasteiger partial charge in [0.15, 0.2) is 5.69 Å². The zero-order valence-electron chi connectivity index (χ0n) is 19.9. The monoisotopic (exact) mass is 515 g/mol. The molecular formula is C27H25N5O4S. The van der Waals surface area contributed by atoms with E-state index in [1.165, 1.54) is 17.0 Å². The SMILES string of the molecule is Cc1cccc(N(C(=O)c2snc(C(N)=O)c2N)C(C(=O)NCc2ccccc2)c2ccc(O)cc2)c1. The van der Waals surface area contributed by atoms with E-state index in [-0.39, 0.29) is 28.6 Å². The molecule has 0 aliphatic rings. The number of aryl methyl sites for hydroxylation is 1. The van der Waals surface area contributed by atoms with Crippen LogP contribution in [0.15, 0.2) is 78.9 Å². The number of aromatic nitrogens is 1. The summed E-state index contributed by atoms with van der Waals surface area (Å²) in [5, 5.41) is 12.8. The van der Waals surface area contributed by atoms with Gasteiger partial charge in [0.05, 0.1) is 5.69 Å². The number of hydrogen-bond donors (Lipinski definition) is 4. The highest BCUT2D eigenvalue weighted by Crippen LogP contribution is 2.34. The third-order valence-electron chi connectivity index (χ3n) is 5.68. The van der Waals surface area contributed by atoms with E-state index in [1.807, 2.05) is 43.3 Å². The Morgan fingerprint density at radius 3 is 2.35 bits per heavy atom. The number of hydrogen-bond acceptors (Lipinski definition) is 7. The molecule has 1 heterocycles. The van der Waals surface area contributed by atoms with E-state index >= 15 is 0 Å². The Morgan fingerprint density at radius 1 is 1.03 bits per heavy atom. The molecule has 1 atom stereocenters. The molecule has 37 heavy (non-hydrogen) atoms. The smallest absolute Gasteiger partial charge is 0.273 e. The van der Waals surface area contributed by atoms with Crippen molar-refractivity contribution >= 4 is 40.6 Å². The molecule has 6 N–H and O–H groups in total. The van der Waals surface area contributed by atoms with Crippen molar-refractivity contribution in [2.24, 2.45) is 5.73 Å². The lowest BCUT2D eigenvalue weighted by molar-refractivity contribution is -0.122. The van der Waals surface area contributed by atoms with E-state index in [0.29, 0.717) is 11.3 Å². The summed E-state index contributed by atoms with van der Waals surface area (Å²) in [6, 6.07) is 21.4. The van der Waals surface area contributed by atoms with E-state index in [1.54, 1.807) is 30.3 Å². The van der Waals surface area contributed by atoms with Crippen LogP contribution in [0.4, 0.5) is 11.4 Å². The van der Waals surface area contributed by atoms with Crippen LogP contribution in [0.25, 0.3) is 0 Å². The van der Waals surface area contributed by atoms with E-state index in [9.17, 15) is 19.5 Å². The summed E-state index contributed by atoms with van der Waals surface area (Å²) in [6.45, 7) is 2.10. The first-order chi connectivity index (χ1) is 17.8. The van der Waals surface area contributed by atoms with Crippen LogP contribution in [0.3, 0.4) is 0 Å². The molecule has 9 nitrogen and oxygen atoms in total. The number of nitrogens with zero attached hydrogens (tertiary/aromatic N) is 2. The van der Waals surface area contributed by atoms with Gasteiger partial charge >= 0.3 is 0 Å². The Bertz CT molecular complexity index is 1440. The molecule has 3 amide bonds. The van der Waals surface area contributed by atoms with Crippen LogP contribution in [0.5, 0.6) is 5.75 Å². The zero-order chi connectivity index (χ0) is 26.5. The number of nitrogens with two attached hydrogens (primary N) is 2. The number of phenolic OH excluding ortho intramolecular Hbond substituents is 1. The maximum absolute atomic E-state index is 14.0. The Hall–Kier alpha value is -4.70. The van der Waals surface area contributed by atoms with Crippen LogP contribution < -0.4 is 21.7 Å².